The third-order valence-corrected chi connectivity index (χ3v) is 7.58. The van der Waals surface area contributed by atoms with Crippen molar-refractivity contribution in [3.8, 4) is 0 Å². The van der Waals surface area contributed by atoms with Gasteiger partial charge in [0.2, 0.25) is 0 Å². The lowest BCUT2D eigenvalue weighted by molar-refractivity contribution is -0.136. The number of hydrogen-bond acceptors (Lipinski definition) is 6. The Balaban J connectivity index is 0.00000180. The Morgan fingerprint density at radius 2 is 1.93 bits per heavy atom. The van der Waals surface area contributed by atoms with Crippen LogP contribution in [0.3, 0.4) is 0 Å². The van der Waals surface area contributed by atoms with Gasteiger partial charge in [0.1, 0.15) is 30.5 Å². The van der Waals surface area contributed by atoms with Gasteiger partial charge in [0.05, 0.1) is 0 Å². The van der Waals surface area contributed by atoms with Crippen molar-refractivity contribution in [2.24, 2.45) is 17.3 Å². The second-order valence-electron chi connectivity index (χ2n) is 8.90. The van der Waals surface area contributed by atoms with Crippen molar-refractivity contribution in [3.63, 3.8) is 0 Å². The first-order valence-electron chi connectivity index (χ1n) is 9.44. The first-order chi connectivity index (χ1) is 12.2. The lowest BCUT2D eigenvalue weighted by Crippen LogP contribution is -2.55. The van der Waals surface area contributed by atoms with Gasteiger partial charge in [0.25, 0.3) is 0 Å². The van der Waals surface area contributed by atoms with Crippen molar-refractivity contribution < 1.29 is 29.3 Å². The third-order valence-electron chi connectivity index (χ3n) is 7.58. The Labute approximate surface area is 159 Å². The van der Waals surface area contributed by atoms with Crippen LogP contribution >= 0.6 is 0 Å². The van der Waals surface area contributed by atoms with Crippen molar-refractivity contribution in [2.75, 3.05) is 6.61 Å². The van der Waals surface area contributed by atoms with Crippen LogP contribution in [-0.4, -0.2) is 52.5 Å². The number of aliphatic hydroxyl groups is 2. The van der Waals surface area contributed by atoms with Gasteiger partial charge in [0.15, 0.2) is 5.78 Å². The van der Waals surface area contributed by atoms with Crippen LogP contribution in [0.4, 0.5) is 0 Å². The van der Waals surface area contributed by atoms with Crippen molar-refractivity contribution in [1.29, 1.82) is 0 Å². The van der Waals surface area contributed by atoms with E-state index in [4.69, 9.17) is 9.47 Å². The summed E-state index contributed by atoms with van der Waals surface area (Å²) in [7, 11) is 0. The van der Waals surface area contributed by atoms with Crippen molar-refractivity contribution in [2.45, 2.75) is 71.4 Å². The Kier molecular flexibility index (Phi) is 3.85. The molecule has 6 atom stereocenters. The van der Waals surface area contributed by atoms with Gasteiger partial charge in [-0.25, -0.2) is 4.79 Å². The number of ether oxygens (including phenoxy) is 2. The molecule has 0 aromatic carbocycles. The molecule has 2 aliphatic heterocycles. The highest BCUT2D eigenvalue weighted by molar-refractivity contribution is 6.01. The van der Waals surface area contributed by atoms with Gasteiger partial charge in [0, 0.05) is 23.5 Å². The number of hydrogen-bond donors (Lipinski definition) is 2. The number of rotatable bonds is 1. The zero-order chi connectivity index (χ0) is 18.6. The first kappa shape index (κ1) is 18.8. The summed E-state index contributed by atoms with van der Waals surface area (Å²) in [6, 6.07) is 0. The molecule has 6 heteroatoms. The number of esters is 1. The van der Waals surface area contributed by atoms with Crippen molar-refractivity contribution >= 4 is 11.8 Å². The Hall–Kier alpha value is -1.50. The lowest BCUT2D eigenvalue weighted by Gasteiger charge is -2.50. The van der Waals surface area contributed by atoms with Crippen molar-refractivity contribution in [1.82, 2.24) is 0 Å². The molecule has 5 aliphatic rings. The Morgan fingerprint density at radius 1 is 1.22 bits per heavy atom. The van der Waals surface area contributed by atoms with Crippen LogP contribution in [0, 0.1) is 17.3 Å². The third kappa shape index (κ3) is 2.01. The topological polar surface area (TPSA) is 96.4 Å². The molecule has 2 heterocycles. The number of carbonyl (C=O) groups excluding carboxylic acids is 2. The maximum Gasteiger partial charge on any atom is 0.334 e. The summed E-state index contributed by atoms with van der Waals surface area (Å²) in [4.78, 5) is 25.0. The van der Waals surface area contributed by atoms with Gasteiger partial charge in [-0.2, -0.15) is 0 Å². The lowest BCUT2D eigenvalue weighted by atomic mass is 9.52. The molecule has 0 radical (unpaired) electrons. The normalized spacial score (nSPS) is 45.0. The van der Waals surface area contributed by atoms with Gasteiger partial charge in [-0.1, -0.05) is 28.2 Å². The molecule has 0 amide bonds. The van der Waals surface area contributed by atoms with Gasteiger partial charge in [-0.05, 0) is 35.3 Å². The second kappa shape index (κ2) is 5.52. The van der Waals surface area contributed by atoms with E-state index in [9.17, 15) is 19.8 Å². The molecule has 5 rings (SSSR count). The second-order valence-corrected chi connectivity index (χ2v) is 8.90. The van der Waals surface area contributed by atoms with Crippen LogP contribution in [0.15, 0.2) is 22.3 Å². The number of aliphatic hydroxyl groups excluding tert-OH is 2. The molecule has 6 nitrogen and oxygen atoms in total. The molecule has 6 unspecified atom stereocenters. The van der Waals surface area contributed by atoms with E-state index in [2.05, 4.69) is 0 Å². The molecule has 3 aliphatic carbocycles. The molecule has 27 heavy (non-hydrogen) atoms. The molecular formula is C21H28O6. The summed E-state index contributed by atoms with van der Waals surface area (Å²) in [5.41, 5.74) is 1.27. The quantitative estimate of drug-likeness (QED) is 0.534. The highest BCUT2D eigenvalue weighted by atomic mass is 16.6. The van der Waals surface area contributed by atoms with Gasteiger partial charge in [-0.15, -0.1) is 0 Å². The van der Waals surface area contributed by atoms with E-state index in [0.717, 1.165) is 5.57 Å². The van der Waals surface area contributed by atoms with Crippen LogP contribution in [0.25, 0.3) is 0 Å². The highest BCUT2D eigenvalue weighted by Crippen LogP contribution is 2.63. The van der Waals surface area contributed by atoms with E-state index in [1.54, 1.807) is 0 Å². The molecule has 1 saturated heterocycles. The number of cyclic esters (lactones) is 1. The minimum Gasteiger partial charge on any atom is -0.458 e. The fraction of sp³-hybridized carbons (Fsp3) is 0.714. The molecule has 0 aromatic heterocycles. The monoisotopic (exact) mass is 376 g/mol. The van der Waals surface area contributed by atoms with Crippen LogP contribution in [0.5, 0.6) is 0 Å². The average molecular weight is 376 g/mol. The molecule has 0 aromatic rings. The molecule has 148 valence electrons. The minimum absolute atomic E-state index is 0. The number of fused-ring (bicyclic) bond motifs is 4. The van der Waals surface area contributed by atoms with Gasteiger partial charge in [-0.3, -0.25) is 4.79 Å². The summed E-state index contributed by atoms with van der Waals surface area (Å²) in [5, 5.41) is 22.2. The van der Waals surface area contributed by atoms with E-state index in [1.165, 1.54) is 0 Å². The average Bonchev–Trinajstić information content (AvgIpc) is 3.26. The van der Waals surface area contributed by atoms with E-state index in [1.807, 2.05) is 20.8 Å². The van der Waals surface area contributed by atoms with Gasteiger partial charge < -0.3 is 19.7 Å². The largest absolute Gasteiger partial charge is 0.458 e. The van der Waals surface area contributed by atoms with E-state index >= 15 is 0 Å². The Bertz CT molecular complexity index is 807. The number of ketones is 1. The molecule has 1 fully saturated rings. The predicted octanol–water partition coefficient (Wildman–Crippen LogP) is 1.69. The molecule has 0 spiro atoms. The molecule has 2 N–H and O–H groups in total. The summed E-state index contributed by atoms with van der Waals surface area (Å²) < 4.78 is 11.0. The molecular weight excluding hydrogens is 348 g/mol. The minimum atomic E-state index is -1.01. The van der Waals surface area contributed by atoms with Crippen molar-refractivity contribution in [3.05, 3.63) is 22.3 Å². The zero-order valence-electron chi connectivity index (χ0n) is 15.2. The zero-order valence-corrected chi connectivity index (χ0v) is 15.2. The smallest absolute Gasteiger partial charge is 0.334 e. The molecule has 0 bridgehead atoms. The maximum atomic E-state index is 13.0. The fourth-order valence-electron chi connectivity index (χ4n) is 6.06. The maximum absolute atomic E-state index is 13.0. The summed E-state index contributed by atoms with van der Waals surface area (Å²) in [6.07, 6.45) is -0.899. The van der Waals surface area contributed by atoms with Crippen LogP contribution in [-0.2, 0) is 19.1 Å². The standard InChI is InChI=1S/C20H24O6.CH4/c1-8(2)20-16(23)13-12(21)6-11-10-7-25-18(24)9(10)4-5-19(11,3)14(13)15(22)17(20)26-20;/h8,11,15-17,22-23H,4-7H2,1-3H3;1H4. The first-order valence-corrected chi connectivity index (χ1v) is 9.44. The highest BCUT2D eigenvalue weighted by Gasteiger charge is 2.73. The van der Waals surface area contributed by atoms with E-state index < -0.39 is 29.3 Å². The number of epoxide rings is 1. The predicted molar refractivity (Wildman–Crippen MR) is 96.7 cm³/mol. The fourth-order valence-corrected chi connectivity index (χ4v) is 6.06. The Morgan fingerprint density at radius 3 is 2.59 bits per heavy atom. The number of carbonyl (C=O) groups is 2. The molecule has 0 saturated carbocycles. The SMILES string of the molecule is C.CC(C)C12OC1C(O)C1=C(C(=O)CC3C4=C(CCC13C)C(=O)OC4)C2O. The van der Waals surface area contributed by atoms with E-state index in [-0.39, 0.29) is 44.0 Å². The van der Waals surface area contributed by atoms with E-state index in [0.29, 0.717) is 29.6 Å². The summed E-state index contributed by atoms with van der Waals surface area (Å²) in [5.74, 6) is -0.582. The van der Waals surface area contributed by atoms with Gasteiger partial charge >= 0.3 is 5.97 Å². The van der Waals surface area contributed by atoms with Crippen LogP contribution < -0.4 is 0 Å². The van der Waals surface area contributed by atoms with Crippen LogP contribution in [0.2, 0.25) is 0 Å². The summed E-state index contributed by atoms with van der Waals surface area (Å²) >= 11 is 0. The van der Waals surface area contributed by atoms with Crippen LogP contribution in [0.1, 0.15) is 47.5 Å². The number of Topliss-reactive ketones (excluding diaryl/α,β-unsaturated/α-hetero) is 1. The summed E-state index contributed by atoms with van der Waals surface area (Å²) in [6.45, 7) is 6.17.